The predicted octanol–water partition coefficient (Wildman–Crippen LogP) is 1.20. The average Bonchev–Trinajstić information content (AvgIpc) is 2.50. The molecule has 18 heavy (non-hydrogen) atoms. The first-order valence-corrected chi connectivity index (χ1v) is 6.92. The Hall–Kier alpha value is -1.13. The summed E-state index contributed by atoms with van der Waals surface area (Å²) in [6, 6.07) is 6.62. The van der Waals surface area contributed by atoms with Crippen molar-refractivity contribution in [1.29, 1.82) is 0 Å². The van der Waals surface area contributed by atoms with Crippen LogP contribution in [-0.2, 0) is 0 Å². The summed E-state index contributed by atoms with van der Waals surface area (Å²) in [6.45, 7) is 11.0. The largest absolute Gasteiger partial charge is 0.351 e. The molecule has 2 rings (SSSR count). The molecule has 0 radical (unpaired) electrons. The van der Waals surface area contributed by atoms with Gasteiger partial charge in [0, 0.05) is 45.0 Å². The average molecular weight is 248 g/mol. The van der Waals surface area contributed by atoms with E-state index in [-0.39, 0.29) is 0 Å². The number of pyridine rings is 1. The van der Waals surface area contributed by atoms with E-state index in [0.29, 0.717) is 6.04 Å². The van der Waals surface area contributed by atoms with Crippen LogP contribution in [0.15, 0.2) is 24.4 Å². The lowest BCUT2D eigenvalue weighted by molar-refractivity contribution is 0.299. The van der Waals surface area contributed by atoms with E-state index < -0.39 is 0 Å². The number of anilines is 1. The molecule has 1 fully saturated rings. The Morgan fingerprint density at radius 1 is 1.33 bits per heavy atom. The molecule has 100 valence electrons. The number of hydrogen-bond acceptors (Lipinski definition) is 4. The molecule has 0 spiro atoms. The van der Waals surface area contributed by atoms with Crippen molar-refractivity contribution in [3.63, 3.8) is 0 Å². The van der Waals surface area contributed by atoms with Gasteiger partial charge in [-0.15, -0.1) is 0 Å². The molecule has 0 aliphatic carbocycles. The van der Waals surface area contributed by atoms with Crippen molar-refractivity contribution in [2.24, 2.45) is 0 Å². The highest BCUT2D eigenvalue weighted by molar-refractivity contribution is 5.39. The lowest BCUT2D eigenvalue weighted by Crippen LogP contribution is -2.42. The Balaban J connectivity index is 2.09. The molecule has 4 nitrogen and oxygen atoms in total. The number of aromatic nitrogens is 1. The molecule has 1 saturated heterocycles. The Kier molecular flexibility index (Phi) is 4.96. The number of hydrogen-bond donors (Lipinski definition) is 1. The first kappa shape index (κ1) is 13.3. The van der Waals surface area contributed by atoms with Crippen molar-refractivity contribution in [3.8, 4) is 0 Å². The monoisotopic (exact) mass is 248 g/mol. The summed E-state index contributed by atoms with van der Waals surface area (Å²) in [5.41, 5.74) is 0. The SMILES string of the molecule is CCN1CCNCC(C)N(c2ccccn2)CC1. The maximum absolute atomic E-state index is 4.49. The first-order valence-electron chi connectivity index (χ1n) is 6.92. The normalized spacial score (nSPS) is 23.2. The molecule has 1 unspecified atom stereocenters. The van der Waals surface area contributed by atoms with Gasteiger partial charge in [0.2, 0.25) is 0 Å². The van der Waals surface area contributed by atoms with E-state index in [1.807, 2.05) is 12.3 Å². The van der Waals surface area contributed by atoms with Gasteiger partial charge in [-0.2, -0.15) is 0 Å². The molecule has 1 aliphatic rings. The third-order valence-electron chi connectivity index (χ3n) is 3.62. The molecule has 1 atom stereocenters. The highest BCUT2D eigenvalue weighted by Crippen LogP contribution is 2.13. The zero-order chi connectivity index (χ0) is 12.8. The maximum Gasteiger partial charge on any atom is 0.128 e. The quantitative estimate of drug-likeness (QED) is 0.852. The van der Waals surface area contributed by atoms with Gasteiger partial charge in [0.1, 0.15) is 5.82 Å². The fourth-order valence-electron chi connectivity index (χ4n) is 2.42. The van der Waals surface area contributed by atoms with Gasteiger partial charge in [-0.25, -0.2) is 4.98 Å². The van der Waals surface area contributed by atoms with Crippen LogP contribution in [-0.4, -0.2) is 55.2 Å². The second-order valence-electron chi connectivity index (χ2n) is 4.87. The lowest BCUT2D eigenvalue weighted by Gasteiger charge is -2.31. The highest BCUT2D eigenvalue weighted by Gasteiger charge is 2.18. The van der Waals surface area contributed by atoms with E-state index in [1.54, 1.807) is 0 Å². The summed E-state index contributed by atoms with van der Waals surface area (Å²) in [5, 5.41) is 3.53. The molecule has 0 aromatic carbocycles. The number of likely N-dealkylation sites (N-methyl/N-ethyl adjacent to an activating group) is 1. The summed E-state index contributed by atoms with van der Waals surface area (Å²) in [4.78, 5) is 9.38. The Bertz CT molecular complexity index is 341. The van der Waals surface area contributed by atoms with Gasteiger partial charge >= 0.3 is 0 Å². The maximum atomic E-state index is 4.49. The van der Waals surface area contributed by atoms with Crippen LogP contribution in [0.4, 0.5) is 5.82 Å². The van der Waals surface area contributed by atoms with E-state index in [1.165, 1.54) is 0 Å². The van der Waals surface area contributed by atoms with Crippen molar-refractivity contribution < 1.29 is 0 Å². The van der Waals surface area contributed by atoms with Crippen LogP contribution < -0.4 is 10.2 Å². The van der Waals surface area contributed by atoms with E-state index in [4.69, 9.17) is 0 Å². The third kappa shape index (κ3) is 3.43. The summed E-state index contributed by atoms with van der Waals surface area (Å²) in [5.74, 6) is 1.09. The van der Waals surface area contributed by atoms with Gasteiger partial charge < -0.3 is 15.1 Å². The van der Waals surface area contributed by atoms with Gasteiger partial charge in [-0.1, -0.05) is 13.0 Å². The van der Waals surface area contributed by atoms with Gasteiger partial charge in [-0.3, -0.25) is 0 Å². The molecule has 0 amide bonds. The van der Waals surface area contributed by atoms with Crippen LogP contribution in [0.25, 0.3) is 0 Å². The summed E-state index contributed by atoms with van der Waals surface area (Å²) < 4.78 is 0. The Labute approximate surface area is 110 Å². The first-order chi connectivity index (χ1) is 8.81. The van der Waals surface area contributed by atoms with Crippen LogP contribution in [0.2, 0.25) is 0 Å². The molecule has 1 N–H and O–H groups in total. The van der Waals surface area contributed by atoms with Gasteiger partial charge in [-0.05, 0) is 25.6 Å². The second kappa shape index (κ2) is 6.71. The minimum atomic E-state index is 0.483. The molecule has 1 aromatic heterocycles. The molecule has 1 aliphatic heterocycles. The summed E-state index contributed by atoms with van der Waals surface area (Å²) >= 11 is 0. The fourth-order valence-corrected chi connectivity index (χ4v) is 2.42. The topological polar surface area (TPSA) is 31.4 Å². The van der Waals surface area contributed by atoms with Gasteiger partial charge in [0.15, 0.2) is 0 Å². The molecule has 0 saturated carbocycles. The lowest BCUT2D eigenvalue weighted by atomic mass is 10.2. The van der Waals surface area contributed by atoms with E-state index >= 15 is 0 Å². The van der Waals surface area contributed by atoms with Crippen LogP contribution in [0, 0.1) is 0 Å². The minimum absolute atomic E-state index is 0.483. The van der Waals surface area contributed by atoms with Crippen LogP contribution >= 0.6 is 0 Å². The van der Waals surface area contributed by atoms with E-state index in [9.17, 15) is 0 Å². The van der Waals surface area contributed by atoms with Crippen molar-refractivity contribution in [2.45, 2.75) is 19.9 Å². The Morgan fingerprint density at radius 3 is 2.94 bits per heavy atom. The van der Waals surface area contributed by atoms with E-state index in [2.05, 4.69) is 46.1 Å². The Morgan fingerprint density at radius 2 is 2.22 bits per heavy atom. The molecular formula is C14H24N4. The van der Waals surface area contributed by atoms with Crippen LogP contribution in [0.3, 0.4) is 0 Å². The van der Waals surface area contributed by atoms with Crippen LogP contribution in [0.1, 0.15) is 13.8 Å². The molecule has 1 aromatic rings. The van der Waals surface area contributed by atoms with Gasteiger partial charge in [0.05, 0.1) is 0 Å². The number of nitrogens with zero attached hydrogens (tertiary/aromatic N) is 3. The standard InChI is InChI=1S/C14H24N4/c1-3-17-9-8-15-12-13(2)18(11-10-17)14-6-4-5-7-16-14/h4-7,13,15H,3,8-12H2,1-2H3. The molecule has 2 heterocycles. The van der Waals surface area contributed by atoms with Crippen molar-refractivity contribution >= 4 is 5.82 Å². The summed E-state index contributed by atoms with van der Waals surface area (Å²) in [6.07, 6.45) is 1.87. The second-order valence-corrected chi connectivity index (χ2v) is 4.87. The van der Waals surface area contributed by atoms with E-state index in [0.717, 1.165) is 45.1 Å². The van der Waals surface area contributed by atoms with Crippen molar-refractivity contribution in [2.75, 3.05) is 44.2 Å². The molecular weight excluding hydrogens is 224 g/mol. The highest BCUT2D eigenvalue weighted by atomic mass is 15.3. The zero-order valence-electron chi connectivity index (χ0n) is 11.5. The van der Waals surface area contributed by atoms with Crippen LogP contribution in [0.5, 0.6) is 0 Å². The van der Waals surface area contributed by atoms with Crippen molar-refractivity contribution in [1.82, 2.24) is 15.2 Å². The van der Waals surface area contributed by atoms with Crippen molar-refractivity contribution in [3.05, 3.63) is 24.4 Å². The zero-order valence-corrected chi connectivity index (χ0v) is 11.5. The third-order valence-corrected chi connectivity index (χ3v) is 3.62. The smallest absolute Gasteiger partial charge is 0.128 e. The number of nitrogens with one attached hydrogen (secondary N) is 1. The number of rotatable bonds is 2. The minimum Gasteiger partial charge on any atom is -0.351 e. The predicted molar refractivity (Wildman–Crippen MR) is 76.0 cm³/mol. The fraction of sp³-hybridized carbons (Fsp3) is 0.643. The molecule has 0 bridgehead atoms. The molecule has 4 heteroatoms. The van der Waals surface area contributed by atoms with Gasteiger partial charge in [0.25, 0.3) is 0 Å². The summed E-state index contributed by atoms with van der Waals surface area (Å²) in [7, 11) is 0.